The molecule has 0 aromatic carbocycles. The highest BCUT2D eigenvalue weighted by Gasteiger charge is 2.19. The number of carboxylic acids is 1. The van der Waals surface area contributed by atoms with E-state index in [1.807, 2.05) is 0 Å². The molecule has 0 fully saturated rings. The topological polar surface area (TPSA) is 102 Å². The van der Waals surface area contributed by atoms with Crippen LogP contribution in [-0.2, 0) is 25.4 Å². The summed E-state index contributed by atoms with van der Waals surface area (Å²) in [5.41, 5.74) is -0.260. The minimum Gasteiger partial charge on any atom is -0.549 e. The SMILES string of the molecule is CCCCCCCn1c(SCC(=O)[O-])nc2c1c(=O)n(C)c(=O)n2C. The Bertz CT molecular complexity index is 881. The van der Waals surface area contributed by atoms with Crippen molar-refractivity contribution in [3.05, 3.63) is 20.8 Å². The van der Waals surface area contributed by atoms with Gasteiger partial charge in [-0.05, 0) is 6.42 Å². The summed E-state index contributed by atoms with van der Waals surface area (Å²) in [5.74, 6) is -1.46. The van der Waals surface area contributed by atoms with Crippen molar-refractivity contribution in [1.29, 1.82) is 0 Å². The predicted molar refractivity (Wildman–Crippen MR) is 94.7 cm³/mol. The first kappa shape index (κ1) is 19.3. The summed E-state index contributed by atoms with van der Waals surface area (Å²) in [5, 5.41) is 11.2. The molecule has 2 aromatic heterocycles. The van der Waals surface area contributed by atoms with Crippen LogP contribution in [0.4, 0.5) is 0 Å². The zero-order chi connectivity index (χ0) is 18.6. The largest absolute Gasteiger partial charge is 0.549 e. The van der Waals surface area contributed by atoms with E-state index in [0.717, 1.165) is 48.4 Å². The Morgan fingerprint density at radius 3 is 2.44 bits per heavy atom. The fourth-order valence-electron chi connectivity index (χ4n) is 2.74. The molecule has 0 aliphatic rings. The van der Waals surface area contributed by atoms with Gasteiger partial charge in [-0.3, -0.25) is 13.9 Å². The van der Waals surface area contributed by atoms with Crippen LogP contribution in [0.1, 0.15) is 39.0 Å². The molecule has 25 heavy (non-hydrogen) atoms. The summed E-state index contributed by atoms with van der Waals surface area (Å²) in [6.45, 7) is 2.70. The average molecular weight is 367 g/mol. The third kappa shape index (κ3) is 4.15. The van der Waals surface area contributed by atoms with E-state index in [4.69, 9.17) is 0 Å². The van der Waals surface area contributed by atoms with E-state index in [0.29, 0.717) is 17.2 Å². The Hall–Kier alpha value is -2.03. The van der Waals surface area contributed by atoms with Crippen LogP contribution in [0.2, 0.25) is 0 Å². The zero-order valence-electron chi connectivity index (χ0n) is 14.8. The molecule has 2 aromatic rings. The Labute approximate surface area is 149 Å². The number of nitrogens with zero attached hydrogens (tertiary/aromatic N) is 4. The molecular weight excluding hydrogens is 344 g/mol. The van der Waals surface area contributed by atoms with Crippen LogP contribution in [0.25, 0.3) is 11.2 Å². The van der Waals surface area contributed by atoms with Crippen molar-refractivity contribution in [2.45, 2.75) is 50.7 Å². The molecular formula is C16H23N4O4S-. The number of aliphatic carboxylic acids is 1. The van der Waals surface area contributed by atoms with Crippen LogP contribution in [-0.4, -0.2) is 30.4 Å². The molecule has 9 heteroatoms. The van der Waals surface area contributed by atoms with Crippen LogP contribution in [0.15, 0.2) is 14.7 Å². The number of carbonyl (C=O) groups excluding carboxylic acids is 1. The molecule has 138 valence electrons. The normalized spacial score (nSPS) is 11.3. The van der Waals surface area contributed by atoms with E-state index in [1.54, 1.807) is 11.6 Å². The Morgan fingerprint density at radius 1 is 1.12 bits per heavy atom. The Morgan fingerprint density at radius 2 is 1.80 bits per heavy atom. The fourth-order valence-corrected chi connectivity index (χ4v) is 3.48. The minimum atomic E-state index is -1.20. The van der Waals surface area contributed by atoms with Gasteiger partial charge >= 0.3 is 5.69 Å². The highest BCUT2D eigenvalue weighted by Crippen LogP contribution is 2.22. The second kappa shape index (κ2) is 8.37. The van der Waals surface area contributed by atoms with Crippen molar-refractivity contribution < 1.29 is 9.90 Å². The molecule has 0 N–H and O–H groups in total. The number of carboxylic acid groups (broad SMARTS) is 1. The van der Waals surface area contributed by atoms with Gasteiger partial charge in [-0.25, -0.2) is 9.78 Å². The van der Waals surface area contributed by atoms with Crippen molar-refractivity contribution >= 4 is 28.9 Å². The van der Waals surface area contributed by atoms with Gasteiger partial charge in [0.05, 0.1) is 5.97 Å². The summed E-state index contributed by atoms with van der Waals surface area (Å²) in [6.07, 6.45) is 5.29. The summed E-state index contributed by atoms with van der Waals surface area (Å²) < 4.78 is 4.09. The first-order chi connectivity index (χ1) is 11.9. The smallest absolute Gasteiger partial charge is 0.332 e. The second-order valence-corrected chi connectivity index (χ2v) is 6.94. The number of rotatable bonds is 9. The monoisotopic (exact) mass is 367 g/mol. The lowest BCUT2D eigenvalue weighted by Gasteiger charge is -2.09. The van der Waals surface area contributed by atoms with E-state index in [2.05, 4.69) is 11.9 Å². The van der Waals surface area contributed by atoms with Gasteiger partial charge in [0.2, 0.25) is 0 Å². The highest BCUT2D eigenvalue weighted by molar-refractivity contribution is 7.99. The van der Waals surface area contributed by atoms with Crippen molar-refractivity contribution in [2.75, 3.05) is 5.75 Å². The van der Waals surface area contributed by atoms with Gasteiger partial charge < -0.3 is 14.5 Å². The third-order valence-corrected chi connectivity index (χ3v) is 5.07. The molecule has 0 aliphatic carbocycles. The van der Waals surface area contributed by atoms with Crippen LogP contribution >= 0.6 is 11.8 Å². The maximum atomic E-state index is 12.6. The molecule has 0 unspecified atom stereocenters. The predicted octanol–water partition coefficient (Wildman–Crippen LogP) is 0.246. The van der Waals surface area contributed by atoms with Gasteiger partial charge in [0, 0.05) is 26.4 Å². The van der Waals surface area contributed by atoms with Crippen molar-refractivity contribution in [3.63, 3.8) is 0 Å². The maximum absolute atomic E-state index is 12.6. The van der Waals surface area contributed by atoms with Crippen molar-refractivity contribution in [3.8, 4) is 0 Å². The van der Waals surface area contributed by atoms with Gasteiger partial charge in [0.25, 0.3) is 5.56 Å². The van der Waals surface area contributed by atoms with Gasteiger partial charge in [-0.2, -0.15) is 0 Å². The number of hydrogen-bond acceptors (Lipinski definition) is 6. The Balaban J connectivity index is 2.46. The lowest BCUT2D eigenvalue weighted by Crippen LogP contribution is -2.37. The molecule has 2 rings (SSSR count). The van der Waals surface area contributed by atoms with Gasteiger partial charge in [-0.15, -0.1) is 0 Å². The number of hydrogen-bond donors (Lipinski definition) is 0. The molecule has 0 radical (unpaired) electrons. The number of aryl methyl sites for hydroxylation is 2. The summed E-state index contributed by atoms with van der Waals surface area (Å²) in [4.78, 5) is 39.8. The number of unbranched alkanes of at least 4 members (excludes halogenated alkanes) is 4. The first-order valence-corrected chi connectivity index (χ1v) is 9.36. The molecule has 0 saturated carbocycles. The highest BCUT2D eigenvalue weighted by atomic mass is 32.2. The van der Waals surface area contributed by atoms with Crippen molar-refractivity contribution in [2.24, 2.45) is 14.1 Å². The van der Waals surface area contributed by atoms with Crippen LogP contribution in [0.3, 0.4) is 0 Å². The van der Waals surface area contributed by atoms with E-state index in [9.17, 15) is 19.5 Å². The molecule has 0 atom stereocenters. The minimum absolute atomic E-state index is 0.257. The van der Waals surface area contributed by atoms with Gasteiger partial charge in [0.1, 0.15) is 0 Å². The van der Waals surface area contributed by atoms with E-state index < -0.39 is 17.2 Å². The van der Waals surface area contributed by atoms with Crippen LogP contribution in [0, 0.1) is 0 Å². The standard InChI is InChI=1S/C16H24N4O4S/c1-4-5-6-7-8-9-20-12-13(17-15(20)25-10-11(21)22)18(2)16(24)19(3)14(12)23/h4-10H2,1-3H3,(H,21,22)/p-1. The number of carbonyl (C=O) groups is 1. The first-order valence-electron chi connectivity index (χ1n) is 8.37. The summed E-state index contributed by atoms with van der Waals surface area (Å²) in [6, 6.07) is 0. The number of aromatic nitrogens is 4. The molecule has 0 aliphatic heterocycles. The lowest BCUT2D eigenvalue weighted by atomic mass is 10.1. The number of imidazole rings is 1. The quantitative estimate of drug-likeness (QED) is 0.465. The maximum Gasteiger partial charge on any atom is 0.332 e. The van der Waals surface area contributed by atoms with Crippen LogP contribution in [0.5, 0.6) is 0 Å². The zero-order valence-corrected chi connectivity index (χ0v) is 15.6. The Kier molecular flexibility index (Phi) is 6.46. The van der Waals surface area contributed by atoms with Gasteiger partial charge in [0.15, 0.2) is 16.3 Å². The van der Waals surface area contributed by atoms with E-state index in [1.165, 1.54) is 11.6 Å². The molecule has 8 nitrogen and oxygen atoms in total. The molecule has 0 spiro atoms. The van der Waals surface area contributed by atoms with E-state index >= 15 is 0 Å². The number of fused-ring (bicyclic) bond motifs is 1. The molecule has 0 saturated heterocycles. The molecule has 2 heterocycles. The fraction of sp³-hybridized carbons (Fsp3) is 0.625. The lowest BCUT2D eigenvalue weighted by molar-refractivity contribution is -0.301. The van der Waals surface area contributed by atoms with E-state index in [-0.39, 0.29) is 11.4 Å². The third-order valence-electron chi connectivity index (χ3n) is 4.12. The summed E-state index contributed by atoms with van der Waals surface area (Å²) in [7, 11) is 2.98. The molecule has 0 amide bonds. The number of thioether (sulfide) groups is 1. The second-order valence-electron chi connectivity index (χ2n) is 6.00. The average Bonchev–Trinajstić information content (AvgIpc) is 2.94. The van der Waals surface area contributed by atoms with Crippen LogP contribution < -0.4 is 16.4 Å². The summed E-state index contributed by atoms with van der Waals surface area (Å²) >= 11 is 1.00. The van der Waals surface area contributed by atoms with Crippen molar-refractivity contribution in [1.82, 2.24) is 18.7 Å². The van der Waals surface area contributed by atoms with Gasteiger partial charge in [-0.1, -0.05) is 44.4 Å². The molecule has 0 bridgehead atoms.